The van der Waals surface area contributed by atoms with E-state index in [2.05, 4.69) is 0 Å². The minimum Gasteiger partial charge on any atom is -0.288 e. The van der Waals surface area contributed by atoms with Crippen LogP contribution in [0.3, 0.4) is 0 Å². The first kappa shape index (κ1) is 16.7. The van der Waals surface area contributed by atoms with Gasteiger partial charge >= 0.3 is 0 Å². The van der Waals surface area contributed by atoms with Gasteiger partial charge in [-0.3, -0.25) is 14.3 Å². The Balaban J connectivity index is 2.45. The predicted molar refractivity (Wildman–Crippen MR) is 87.4 cm³/mol. The highest BCUT2D eigenvalue weighted by Gasteiger charge is 2.23. The summed E-state index contributed by atoms with van der Waals surface area (Å²) in [6.45, 7) is 0. The molecule has 0 aliphatic rings. The molecule has 0 unspecified atom stereocenters. The standard InChI is InChI=1S/C16H16N2O4S/c1-18(14-8-3-2-4-9-14)23(21,22)15-10-6-5-7-13(15)11-12-16(19)17-20/h2-12,20H,1H3,(H,17,19). The molecule has 0 fully saturated rings. The van der Waals surface area contributed by atoms with Crippen LogP contribution in [0.15, 0.2) is 65.6 Å². The second-order valence-corrected chi connectivity index (χ2v) is 6.59. The topological polar surface area (TPSA) is 86.7 Å². The molecule has 0 spiro atoms. The Morgan fingerprint density at radius 2 is 1.70 bits per heavy atom. The van der Waals surface area contributed by atoms with E-state index in [1.54, 1.807) is 48.5 Å². The number of carbonyl (C=O) groups is 1. The maximum absolute atomic E-state index is 12.8. The van der Waals surface area contributed by atoms with Crippen molar-refractivity contribution < 1.29 is 18.4 Å². The van der Waals surface area contributed by atoms with Crippen LogP contribution in [0, 0.1) is 0 Å². The van der Waals surface area contributed by atoms with Gasteiger partial charge in [0.15, 0.2) is 0 Å². The summed E-state index contributed by atoms with van der Waals surface area (Å²) in [6, 6.07) is 15.0. The summed E-state index contributed by atoms with van der Waals surface area (Å²) in [5.74, 6) is -0.742. The zero-order chi connectivity index (χ0) is 16.9. The van der Waals surface area contributed by atoms with Crippen LogP contribution in [0.2, 0.25) is 0 Å². The van der Waals surface area contributed by atoms with E-state index in [9.17, 15) is 13.2 Å². The monoisotopic (exact) mass is 332 g/mol. The Morgan fingerprint density at radius 3 is 2.35 bits per heavy atom. The van der Waals surface area contributed by atoms with Crippen LogP contribution < -0.4 is 9.79 Å². The summed E-state index contributed by atoms with van der Waals surface area (Å²) in [6.07, 6.45) is 2.38. The fraction of sp³-hybridized carbons (Fsp3) is 0.0625. The van der Waals surface area contributed by atoms with E-state index in [0.29, 0.717) is 11.3 Å². The Kier molecular flexibility index (Phi) is 5.15. The highest BCUT2D eigenvalue weighted by molar-refractivity contribution is 7.92. The summed E-state index contributed by atoms with van der Waals surface area (Å²) < 4.78 is 26.8. The number of amides is 1. The molecule has 7 heteroatoms. The number of carbonyl (C=O) groups excluding carboxylic acids is 1. The molecular formula is C16H16N2O4S. The minimum atomic E-state index is -3.79. The largest absolute Gasteiger partial charge is 0.288 e. The summed E-state index contributed by atoms with van der Waals surface area (Å²) in [7, 11) is -2.33. The molecule has 0 atom stereocenters. The van der Waals surface area contributed by atoms with Crippen LogP contribution in [0.1, 0.15) is 5.56 Å². The van der Waals surface area contributed by atoms with Gasteiger partial charge < -0.3 is 0 Å². The lowest BCUT2D eigenvalue weighted by Gasteiger charge is -2.20. The van der Waals surface area contributed by atoms with Crippen molar-refractivity contribution in [2.45, 2.75) is 4.90 Å². The lowest BCUT2D eigenvalue weighted by molar-refractivity contribution is -0.124. The van der Waals surface area contributed by atoms with E-state index >= 15 is 0 Å². The molecule has 0 aliphatic carbocycles. The van der Waals surface area contributed by atoms with Gasteiger partial charge in [0, 0.05) is 13.1 Å². The second-order valence-electron chi connectivity index (χ2n) is 4.66. The molecule has 2 aromatic carbocycles. The van der Waals surface area contributed by atoms with E-state index in [-0.39, 0.29) is 4.90 Å². The Bertz CT molecular complexity index is 817. The van der Waals surface area contributed by atoms with Crippen molar-refractivity contribution in [2.75, 3.05) is 11.4 Å². The first-order valence-corrected chi connectivity index (χ1v) is 8.16. The molecule has 6 nitrogen and oxygen atoms in total. The number of hydrogen-bond donors (Lipinski definition) is 2. The molecule has 2 N–H and O–H groups in total. The first-order valence-electron chi connectivity index (χ1n) is 6.72. The fourth-order valence-electron chi connectivity index (χ4n) is 1.98. The van der Waals surface area contributed by atoms with Crippen molar-refractivity contribution in [3.05, 3.63) is 66.2 Å². The first-order chi connectivity index (χ1) is 11.0. The van der Waals surface area contributed by atoms with Crippen molar-refractivity contribution in [2.24, 2.45) is 0 Å². The van der Waals surface area contributed by atoms with Crippen molar-refractivity contribution >= 4 is 27.7 Å². The molecule has 23 heavy (non-hydrogen) atoms. The molecule has 0 heterocycles. The number of hydrogen-bond acceptors (Lipinski definition) is 4. The number of nitrogens with one attached hydrogen (secondary N) is 1. The van der Waals surface area contributed by atoms with Crippen molar-refractivity contribution in [3.8, 4) is 0 Å². The lowest BCUT2D eigenvalue weighted by Crippen LogP contribution is -2.27. The second kappa shape index (κ2) is 7.08. The van der Waals surface area contributed by atoms with Crippen molar-refractivity contribution in [1.82, 2.24) is 5.48 Å². The van der Waals surface area contributed by atoms with Gasteiger partial charge in [0.2, 0.25) is 0 Å². The minimum absolute atomic E-state index is 0.0633. The Labute approximate surface area is 134 Å². The van der Waals surface area contributed by atoms with Crippen LogP contribution in [-0.2, 0) is 14.8 Å². The Hall–Kier alpha value is -2.64. The molecular weight excluding hydrogens is 316 g/mol. The maximum atomic E-state index is 12.8. The zero-order valence-corrected chi connectivity index (χ0v) is 13.2. The Morgan fingerprint density at radius 1 is 1.09 bits per heavy atom. The van der Waals surface area contributed by atoms with Gasteiger partial charge in [-0.1, -0.05) is 36.4 Å². The van der Waals surface area contributed by atoms with E-state index in [1.165, 1.54) is 29.0 Å². The van der Waals surface area contributed by atoms with Gasteiger partial charge in [0.25, 0.3) is 15.9 Å². The van der Waals surface area contributed by atoms with Crippen molar-refractivity contribution in [3.63, 3.8) is 0 Å². The SMILES string of the molecule is CN(c1ccccc1)S(=O)(=O)c1ccccc1C=CC(=O)NO. The van der Waals surface area contributed by atoms with Crippen LogP contribution in [-0.4, -0.2) is 26.6 Å². The number of nitrogens with zero attached hydrogens (tertiary/aromatic N) is 1. The number of anilines is 1. The van der Waals surface area contributed by atoms with Crippen molar-refractivity contribution in [1.29, 1.82) is 0 Å². The van der Waals surface area contributed by atoms with Crippen LogP contribution in [0.25, 0.3) is 6.08 Å². The number of para-hydroxylation sites is 1. The molecule has 2 rings (SSSR count). The third-order valence-electron chi connectivity index (χ3n) is 3.20. The van der Waals surface area contributed by atoms with Gasteiger partial charge in [-0.05, 0) is 29.8 Å². The van der Waals surface area contributed by atoms with Crippen LogP contribution >= 0.6 is 0 Å². The van der Waals surface area contributed by atoms with Gasteiger partial charge in [-0.25, -0.2) is 13.9 Å². The average Bonchev–Trinajstić information content (AvgIpc) is 2.59. The molecule has 120 valence electrons. The van der Waals surface area contributed by atoms with E-state index in [1.807, 2.05) is 0 Å². The molecule has 0 radical (unpaired) electrons. The zero-order valence-electron chi connectivity index (χ0n) is 12.4. The molecule has 1 amide bonds. The highest BCUT2D eigenvalue weighted by Crippen LogP contribution is 2.24. The highest BCUT2D eigenvalue weighted by atomic mass is 32.2. The molecule has 0 aliphatic heterocycles. The molecule has 0 saturated carbocycles. The number of sulfonamides is 1. The lowest BCUT2D eigenvalue weighted by atomic mass is 10.2. The third-order valence-corrected chi connectivity index (χ3v) is 5.06. The molecule has 0 bridgehead atoms. The summed E-state index contributed by atoms with van der Waals surface area (Å²) in [4.78, 5) is 11.2. The normalized spacial score (nSPS) is 11.4. The predicted octanol–water partition coefficient (Wildman–Crippen LogP) is 2.03. The quantitative estimate of drug-likeness (QED) is 0.498. The summed E-state index contributed by atoms with van der Waals surface area (Å²) in [5.41, 5.74) is 2.33. The maximum Gasteiger partial charge on any atom is 0.267 e. The summed E-state index contributed by atoms with van der Waals surface area (Å²) >= 11 is 0. The fourth-order valence-corrected chi connectivity index (χ4v) is 3.36. The van der Waals surface area contributed by atoms with Crippen LogP contribution in [0.5, 0.6) is 0 Å². The molecule has 0 aromatic heterocycles. The van der Waals surface area contributed by atoms with Crippen LogP contribution in [0.4, 0.5) is 5.69 Å². The van der Waals surface area contributed by atoms with Gasteiger partial charge in [-0.2, -0.15) is 0 Å². The molecule has 0 saturated heterocycles. The van der Waals surface area contributed by atoms with Gasteiger partial charge in [0.1, 0.15) is 0 Å². The number of hydroxylamine groups is 1. The molecule has 2 aromatic rings. The average molecular weight is 332 g/mol. The van der Waals surface area contributed by atoms with Gasteiger partial charge in [0.05, 0.1) is 10.6 Å². The third kappa shape index (κ3) is 3.77. The van der Waals surface area contributed by atoms with E-state index < -0.39 is 15.9 Å². The smallest absolute Gasteiger partial charge is 0.267 e. The number of benzene rings is 2. The number of rotatable bonds is 5. The van der Waals surface area contributed by atoms with E-state index in [0.717, 1.165) is 6.08 Å². The van der Waals surface area contributed by atoms with E-state index in [4.69, 9.17) is 5.21 Å². The van der Waals surface area contributed by atoms with Gasteiger partial charge in [-0.15, -0.1) is 0 Å². The summed E-state index contributed by atoms with van der Waals surface area (Å²) in [5, 5.41) is 8.50.